The molecule has 0 spiro atoms. The molecule has 0 aliphatic carbocycles. The number of hydrogen-bond acceptors (Lipinski definition) is 3. The first-order valence-corrected chi connectivity index (χ1v) is 7.40. The summed E-state index contributed by atoms with van der Waals surface area (Å²) in [6.45, 7) is 7.42. The number of carbonyl (C=O) groups is 1. The molecule has 1 amide bonds. The maximum Gasteiger partial charge on any atom is 0.238 e. The summed E-state index contributed by atoms with van der Waals surface area (Å²) >= 11 is 0. The highest BCUT2D eigenvalue weighted by molar-refractivity contribution is 5.92. The standard InChI is InChI=1S/C16H25N3O/c1-12(2)14-3-5-15(6-4-14)18-16(20)11-19-8-7-13(9-17)10-19/h3-6,12-13H,7-11,17H2,1-2H3,(H,18,20). The Morgan fingerprint density at radius 3 is 2.65 bits per heavy atom. The van der Waals surface area contributed by atoms with Gasteiger partial charge < -0.3 is 11.1 Å². The SMILES string of the molecule is CC(C)c1ccc(NC(=O)CN2CCC(CN)C2)cc1. The fourth-order valence-corrected chi connectivity index (χ4v) is 2.60. The van der Waals surface area contributed by atoms with Crippen LogP contribution in [0.15, 0.2) is 24.3 Å². The molecule has 3 N–H and O–H groups in total. The average Bonchev–Trinajstić information content (AvgIpc) is 2.86. The second-order valence-electron chi connectivity index (χ2n) is 5.95. The Balaban J connectivity index is 1.82. The Morgan fingerprint density at radius 1 is 1.40 bits per heavy atom. The second-order valence-corrected chi connectivity index (χ2v) is 5.95. The molecule has 0 bridgehead atoms. The molecule has 4 heteroatoms. The van der Waals surface area contributed by atoms with Crippen LogP contribution in [-0.2, 0) is 4.79 Å². The van der Waals surface area contributed by atoms with Gasteiger partial charge in [-0.05, 0) is 49.0 Å². The zero-order valence-electron chi connectivity index (χ0n) is 12.4. The van der Waals surface area contributed by atoms with E-state index in [1.165, 1.54) is 5.56 Å². The molecule has 1 atom stereocenters. The molecule has 1 unspecified atom stereocenters. The largest absolute Gasteiger partial charge is 0.330 e. The van der Waals surface area contributed by atoms with Crippen molar-refractivity contribution in [2.24, 2.45) is 11.7 Å². The van der Waals surface area contributed by atoms with E-state index in [0.29, 0.717) is 18.4 Å². The third-order valence-electron chi connectivity index (χ3n) is 3.93. The number of nitrogens with zero attached hydrogens (tertiary/aromatic N) is 1. The molecule has 1 fully saturated rings. The Bertz CT molecular complexity index is 442. The lowest BCUT2D eigenvalue weighted by Crippen LogP contribution is -2.32. The summed E-state index contributed by atoms with van der Waals surface area (Å²) in [5, 5.41) is 2.96. The van der Waals surface area contributed by atoms with Crippen LogP contribution in [0.25, 0.3) is 0 Å². The molecule has 0 radical (unpaired) electrons. The van der Waals surface area contributed by atoms with Crippen molar-refractivity contribution < 1.29 is 4.79 Å². The van der Waals surface area contributed by atoms with Gasteiger partial charge in [-0.3, -0.25) is 9.69 Å². The van der Waals surface area contributed by atoms with E-state index in [4.69, 9.17) is 5.73 Å². The van der Waals surface area contributed by atoms with E-state index in [-0.39, 0.29) is 5.91 Å². The molecule has 4 nitrogen and oxygen atoms in total. The number of amides is 1. The number of rotatable bonds is 5. The van der Waals surface area contributed by atoms with Gasteiger partial charge in [-0.25, -0.2) is 0 Å². The molecule has 1 aliphatic rings. The number of anilines is 1. The van der Waals surface area contributed by atoms with E-state index in [1.54, 1.807) is 0 Å². The zero-order chi connectivity index (χ0) is 14.5. The average molecular weight is 275 g/mol. The van der Waals surface area contributed by atoms with Gasteiger partial charge in [0, 0.05) is 12.2 Å². The summed E-state index contributed by atoms with van der Waals surface area (Å²) in [6, 6.07) is 8.08. The Labute approximate surface area is 121 Å². The lowest BCUT2D eigenvalue weighted by molar-refractivity contribution is -0.117. The molecule has 0 aromatic heterocycles. The lowest BCUT2D eigenvalue weighted by atomic mass is 10.0. The van der Waals surface area contributed by atoms with E-state index in [0.717, 1.165) is 31.7 Å². The highest BCUT2D eigenvalue weighted by atomic mass is 16.2. The predicted octanol–water partition coefficient (Wildman–Crippen LogP) is 2.03. The highest BCUT2D eigenvalue weighted by Gasteiger charge is 2.22. The van der Waals surface area contributed by atoms with Crippen molar-refractivity contribution in [2.75, 3.05) is 31.5 Å². The molecule has 1 aromatic carbocycles. The van der Waals surface area contributed by atoms with E-state index >= 15 is 0 Å². The minimum absolute atomic E-state index is 0.0555. The minimum Gasteiger partial charge on any atom is -0.330 e. The van der Waals surface area contributed by atoms with Crippen LogP contribution in [0.2, 0.25) is 0 Å². The van der Waals surface area contributed by atoms with E-state index in [1.807, 2.05) is 12.1 Å². The van der Waals surface area contributed by atoms with Gasteiger partial charge in [-0.2, -0.15) is 0 Å². The number of likely N-dealkylation sites (tertiary alicyclic amines) is 1. The van der Waals surface area contributed by atoms with Crippen molar-refractivity contribution in [1.82, 2.24) is 4.90 Å². The first-order valence-electron chi connectivity index (χ1n) is 7.40. The van der Waals surface area contributed by atoms with Gasteiger partial charge in [-0.15, -0.1) is 0 Å². The number of hydrogen-bond donors (Lipinski definition) is 2. The number of carbonyl (C=O) groups excluding carboxylic acids is 1. The molecule has 0 saturated carbocycles. The Kier molecular flexibility index (Phi) is 5.15. The van der Waals surface area contributed by atoms with Gasteiger partial charge >= 0.3 is 0 Å². The number of benzene rings is 1. The number of nitrogens with two attached hydrogens (primary N) is 1. The smallest absolute Gasteiger partial charge is 0.238 e. The lowest BCUT2D eigenvalue weighted by Gasteiger charge is -2.15. The minimum atomic E-state index is 0.0555. The van der Waals surface area contributed by atoms with Crippen LogP contribution in [-0.4, -0.2) is 37.0 Å². The highest BCUT2D eigenvalue weighted by Crippen LogP contribution is 2.18. The maximum absolute atomic E-state index is 12.0. The molecule has 1 aliphatic heterocycles. The van der Waals surface area contributed by atoms with Crippen molar-refractivity contribution >= 4 is 11.6 Å². The third kappa shape index (κ3) is 4.05. The molecule has 2 rings (SSSR count). The van der Waals surface area contributed by atoms with Crippen LogP contribution in [0.4, 0.5) is 5.69 Å². The van der Waals surface area contributed by atoms with Crippen LogP contribution in [0, 0.1) is 5.92 Å². The van der Waals surface area contributed by atoms with Gasteiger partial charge in [0.15, 0.2) is 0 Å². The monoisotopic (exact) mass is 275 g/mol. The van der Waals surface area contributed by atoms with Crippen LogP contribution < -0.4 is 11.1 Å². The van der Waals surface area contributed by atoms with E-state index < -0.39 is 0 Å². The molecular formula is C16H25N3O. The molecule has 1 heterocycles. The quantitative estimate of drug-likeness (QED) is 0.864. The van der Waals surface area contributed by atoms with Gasteiger partial charge in [0.2, 0.25) is 5.91 Å². The number of nitrogens with one attached hydrogen (secondary N) is 1. The molecule has 1 saturated heterocycles. The summed E-state index contributed by atoms with van der Waals surface area (Å²) in [7, 11) is 0. The van der Waals surface area contributed by atoms with Crippen molar-refractivity contribution in [2.45, 2.75) is 26.2 Å². The van der Waals surface area contributed by atoms with Gasteiger partial charge in [0.1, 0.15) is 0 Å². The summed E-state index contributed by atoms with van der Waals surface area (Å²) < 4.78 is 0. The molecule has 1 aromatic rings. The summed E-state index contributed by atoms with van der Waals surface area (Å²) in [4.78, 5) is 14.2. The first kappa shape index (κ1) is 15.0. The van der Waals surface area contributed by atoms with Gasteiger partial charge in [-0.1, -0.05) is 26.0 Å². The van der Waals surface area contributed by atoms with Crippen molar-refractivity contribution in [3.8, 4) is 0 Å². The van der Waals surface area contributed by atoms with Gasteiger partial charge in [0.25, 0.3) is 0 Å². The third-order valence-corrected chi connectivity index (χ3v) is 3.93. The van der Waals surface area contributed by atoms with Crippen LogP contribution in [0.1, 0.15) is 31.7 Å². The van der Waals surface area contributed by atoms with Crippen LogP contribution in [0.5, 0.6) is 0 Å². The van der Waals surface area contributed by atoms with Crippen LogP contribution in [0.3, 0.4) is 0 Å². The van der Waals surface area contributed by atoms with Crippen molar-refractivity contribution in [1.29, 1.82) is 0 Å². The first-order chi connectivity index (χ1) is 9.58. The van der Waals surface area contributed by atoms with E-state index in [9.17, 15) is 4.79 Å². The van der Waals surface area contributed by atoms with Crippen LogP contribution >= 0.6 is 0 Å². The normalized spacial score (nSPS) is 19.5. The Hall–Kier alpha value is -1.39. The summed E-state index contributed by atoms with van der Waals surface area (Å²) in [6.07, 6.45) is 1.10. The maximum atomic E-state index is 12.0. The van der Waals surface area contributed by atoms with Crippen molar-refractivity contribution in [3.05, 3.63) is 29.8 Å². The zero-order valence-corrected chi connectivity index (χ0v) is 12.4. The Morgan fingerprint density at radius 2 is 2.10 bits per heavy atom. The fraction of sp³-hybridized carbons (Fsp3) is 0.562. The summed E-state index contributed by atoms with van der Waals surface area (Å²) in [5.74, 6) is 1.12. The van der Waals surface area contributed by atoms with E-state index in [2.05, 4.69) is 36.2 Å². The predicted molar refractivity (Wildman–Crippen MR) is 82.8 cm³/mol. The second kappa shape index (κ2) is 6.86. The van der Waals surface area contributed by atoms with Gasteiger partial charge in [0.05, 0.1) is 6.54 Å². The fourth-order valence-electron chi connectivity index (χ4n) is 2.60. The van der Waals surface area contributed by atoms with Crippen molar-refractivity contribution in [3.63, 3.8) is 0 Å². The molecule has 20 heavy (non-hydrogen) atoms. The topological polar surface area (TPSA) is 58.4 Å². The molecular weight excluding hydrogens is 250 g/mol. The molecule has 110 valence electrons. The summed E-state index contributed by atoms with van der Waals surface area (Å²) in [5.41, 5.74) is 7.82.